The van der Waals surface area contributed by atoms with Crippen molar-refractivity contribution in [2.45, 2.75) is 45.1 Å². The molecule has 2 heteroatoms. The predicted octanol–water partition coefficient (Wildman–Crippen LogP) is 3.95. The lowest BCUT2D eigenvalue weighted by molar-refractivity contribution is 0.299. The van der Waals surface area contributed by atoms with E-state index in [9.17, 15) is 0 Å². The SMILES string of the molecule is CC(C)CC1(Cc2ccc3ccccc3n2)CCCN1. The summed E-state index contributed by atoms with van der Waals surface area (Å²) in [6.45, 7) is 5.78. The van der Waals surface area contributed by atoms with E-state index in [0.717, 1.165) is 24.4 Å². The van der Waals surface area contributed by atoms with Gasteiger partial charge in [-0.25, -0.2) is 0 Å². The third-order valence-corrected chi connectivity index (χ3v) is 4.31. The maximum absolute atomic E-state index is 4.85. The first-order valence-corrected chi connectivity index (χ1v) is 7.77. The highest BCUT2D eigenvalue weighted by Crippen LogP contribution is 2.30. The average Bonchev–Trinajstić information content (AvgIpc) is 2.86. The molecule has 0 saturated carbocycles. The van der Waals surface area contributed by atoms with Crippen molar-refractivity contribution in [1.29, 1.82) is 0 Å². The molecule has 1 atom stereocenters. The van der Waals surface area contributed by atoms with Crippen LogP contribution in [0.4, 0.5) is 0 Å². The summed E-state index contributed by atoms with van der Waals surface area (Å²) in [4.78, 5) is 4.85. The number of nitrogens with zero attached hydrogens (tertiary/aromatic N) is 1. The second kappa shape index (κ2) is 5.53. The molecule has 0 aliphatic carbocycles. The Hall–Kier alpha value is -1.41. The van der Waals surface area contributed by atoms with Crippen molar-refractivity contribution in [2.24, 2.45) is 5.92 Å². The topological polar surface area (TPSA) is 24.9 Å². The van der Waals surface area contributed by atoms with Crippen LogP contribution in [0.5, 0.6) is 0 Å². The van der Waals surface area contributed by atoms with Gasteiger partial charge in [-0.3, -0.25) is 4.98 Å². The highest BCUT2D eigenvalue weighted by Gasteiger charge is 2.34. The van der Waals surface area contributed by atoms with Gasteiger partial charge in [0.05, 0.1) is 5.52 Å². The van der Waals surface area contributed by atoms with Crippen molar-refractivity contribution in [1.82, 2.24) is 10.3 Å². The van der Waals surface area contributed by atoms with E-state index < -0.39 is 0 Å². The summed E-state index contributed by atoms with van der Waals surface area (Å²) in [5, 5.41) is 4.99. The smallest absolute Gasteiger partial charge is 0.0705 e. The first kappa shape index (κ1) is 13.6. The third-order valence-electron chi connectivity index (χ3n) is 4.31. The quantitative estimate of drug-likeness (QED) is 0.908. The molecule has 1 aromatic heterocycles. The summed E-state index contributed by atoms with van der Waals surface area (Å²) < 4.78 is 0. The highest BCUT2D eigenvalue weighted by molar-refractivity contribution is 5.78. The third kappa shape index (κ3) is 2.85. The number of pyridine rings is 1. The Kier molecular flexibility index (Phi) is 3.75. The predicted molar refractivity (Wildman–Crippen MR) is 84.9 cm³/mol. The lowest BCUT2D eigenvalue weighted by atomic mass is 9.83. The van der Waals surface area contributed by atoms with Crippen molar-refractivity contribution >= 4 is 10.9 Å². The Bertz CT molecular complexity index is 583. The van der Waals surface area contributed by atoms with Gasteiger partial charge in [-0.05, 0) is 43.9 Å². The van der Waals surface area contributed by atoms with Crippen molar-refractivity contribution in [3.63, 3.8) is 0 Å². The minimum atomic E-state index is 0.267. The van der Waals surface area contributed by atoms with Crippen molar-refractivity contribution in [3.05, 3.63) is 42.1 Å². The summed E-state index contributed by atoms with van der Waals surface area (Å²) in [5.41, 5.74) is 2.60. The molecule has 0 amide bonds. The van der Waals surface area contributed by atoms with Gasteiger partial charge in [0.1, 0.15) is 0 Å². The molecular weight excluding hydrogens is 244 g/mol. The molecule has 1 N–H and O–H groups in total. The van der Waals surface area contributed by atoms with Crippen LogP contribution >= 0.6 is 0 Å². The number of para-hydroxylation sites is 1. The average molecular weight is 268 g/mol. The van der Waals surface area contributed by atoms with Crippen molar-refractivity contribution in [3.8, 4) is 0 Å². The molecule has 0 bridgehead atoms. The maximum Gasteiger partial charge on any atom is 0.0705 e. The minimum absolute atomic E-state index is 0.267. The summed E-state index contributed by atoms with van der Waals surface area (Å²) in [6, 6.07) is 12.8. The zero-order chi connectivity index (χ0) is 14.0. The summed E-state index contributed by atoms with van der Waals surface area (Å²) >= 11 is 0. The summed E-state index contributed by atoms with van der Waals surface area (Å²) in [5.74, 6) is 0.723. The number of nitrogens with one attached hydrogen (secondary N) is 1. The van der Waals surface area contributed by atoms with Crippen molar-refractivity contribution in [2.75, 3.05) is 6.54 Å². The standard InChI is InChI=1S/C18H24N2/c1-14(2)12-18(10-5-11-19-18)13-16-9-8-15-6-3-4-7-17(15)20-16/h3-4,6-9,14,19H,5,10-13H2,1-2H3. The summed E-state index contributed by atoms with van der Waals surface area (Å²) in [6.07, 6.45) is 4.86. The molecule has 106 valence electrons. The lowest BCUT2D eigenvalue weighted by Crippen LogP contribution is -2.43. The molecule has 1 aliphatic rings. The van der Waals surface area contributed by atoms with E-state index >= 15 is 0 Å². The molecule has 20 heavy (non-hydrogen) atoms. The van der Waals surface area contributed by atoms with Crippen LogP contribution in [0, 0.1) is 5.92 Å². The molecule has 0 spiro atoms. The largest absolute Gasteiger partial charge is 0.311 e. The van der Waals surface area contributed by atoms with Crippen LogP contribution in [0.15, 0.2) is 36.4 Å². The fraction of sp³-hybridized carbons (Fsp3) is 0.500. The first-order chi connectivity index (χ1) is 9.67. The Morgan fingerprint density at radius 1 is 1.20 bits per heavy atom. The van der Waals surface area contributed by atoms with E-state index in [0.29, 0.717) is 0 Å². The molecule has 2 heterocycles. The maximum atomic E-state index is 4.85. The van der Waals surface area contributed by atoms with E-state index in [-0.39, 0.29) is 5.54 Å². The Morgan fingerprint density at radius 3 is 2.80 bits per heavy atom. The molecule has 1 saturated heterocycles. The Morgan fingerprint density at radius 2 is 2.05 bits per heavy atom. The van der Waals surface area contributed by atoms with Crippen LogP contribution in [-0.4, -0.2) is 17.1 Å². The van der Waals surface area contributed by atoms with Crippen LogP contribution in [0.1, 0.15) is 38.8 Å². The van der Waals surface area contributed by atoms with E-state index in [1.165, 1.54) is 30.3 Å². The zero-order valence-corrected chi connectivity index (χ0v) is 12.5. The van der Waals surface area contributed by atoms with Gasteiger partial charge in [0.2, 0.25) is 0 Å². The van der Waals surface area contributed by atoms with Gasteiger partial charge in [0.15, 0.2) is 0 Å². The molecule has 2 aromatic rings. The number of hydrogen-bond acceptors (Lipinski definition) is 2. The van der Waals surface area contributed by atoms with Gasteiger partial charge < -0.3 is 5.32 Å². The van der Waals surface area contributed by atoms with Gasteiger partial charge in [0.25, 0.3) is 0 Å². The van der Waals surface area contributed by atoms with Gasteiger partial charge in [-0.15, -0.1) is 0 Å². The van der Waals surface area contributed by atoms with Gasteiger partial charge >= 0.3 is 0 Å². The van der Waals surface area contributed by atoms with Crippen molar-refractivity contribution < 1.29 is 0 Å². The normalized spacial score (nSPS) is 22.8. The Labute approximate surface area is 121 Å². The molecule has 1 fully saturated rings. The van der Waals surface area contributed by atoms with Crippen LogP contribution in [-0.2, 0) is 6.42 Å². The van der Waals surface area contributed by atoms with E-state index in [2.05, 4.69) is 55.6 Å². The fourth-order valence-electron chi connectivity index (χ4n) is 3.60. The van der Waals surface area contributed by atoms with Gasteiger partial charge in [-0.1, -0.05) is 38.1 Å². The molecule has 1 unspecified atom stereocenters. The van der Waals surface area contributed by atoms with Crippen LogP contribution in [0.3, 0.4) is 0 Å². The second-order valence-electron chi connectivity index (χ2n) is 6.58. The molecule has 2 nitrogen and oxygen atoms in total. The van der Waals surface area contributed by atoms with Gasteiger partial charge in [0, 0.05) is 23.0 Å². The van der Waals surface area contributed by atoms with E-state index in [4.69, 9.17) is 4.98 Å². The minimum Gasteiger partial charge on any atom is -0.311 e. The molecular formula is C18H24N2. The lowest BCUT2D eigenvalue weighted by Gasteiger charge is -2.31. The number of hydrogen-bond donors (Lipinski definition) is 1. The second-order valence-corrected chi connectivity index (χ2v) is 6.58. The number of rotatable bonds is 4. The number of aromatic nitrogens is 1. The van der Waals surface area contributed by atoms with E-state index in [1.807, 2.05) is 0 Å². The highest BCUT2D eigenvalue weighted by atomic mass is 15.0. The Balaban J connectivity index is 1.86. The first-order valence-electron chi connectivity index (χ1n) is 7.77. The van der Waals surface area contributed by atoms with Crippen LogP contribution in [0.25, 0.3) is 10.9 Å². The molecule has 3 rings (SSSR count). The van der Waals surface area contributed by atoms with Crippen LogP contribution in [0.2, 0.25) is 0 Å². The molecule has 1 aromatic carbocycles. The van der Waals surface area contributed by atoms with Gasteiger partial charge in [-0.2, -0.15) is 0 Å². The fourth-order valence-corrected chi connectivity index (χ4v) is 3.60. The van der Waals surface area contributed by atoms with Crippen LogP contribution < -0.4 is 5.32 Å². The summed E-state index contributed by atoms with van der Waals surface area (Å²) in [7, 11) is 0. The van der Waals surface area contributed by atoms with E-state index in [1.54, 1.807) is 0 Å². The monoisotopic (exact) mass is 268 g/mol. The number of benzene rings is 1. The molecule has 1 aliphatic heterocycles. The zero-order valence-electron chi connectivity index (χ0n) is 12.5. The number of fused-ring (bicyclic) bond motifs is 1. The molecule has 0 radical (unpaired) electrons.